The lowest BCUT2D eigenvalue weighted by molar-refractivity contribution is -0.140. The summed E-state index contributed by atoms with van der Waals surface area (Å²) in [6.45, 7) is 0.857. The third-order valence-electron chi connectivity index (χ3n) is 6.32. The van der Waals surface area contributed by atoms with Crippen LogP contribution < -0.4 is 5.73 Å². The van der Waals surface area contributed by atoms with Gasteiger partial charge in [0.05, 0.1) is 63.2 Å². The molecule has 3 atom stereocenters. The monoisotopic (exact) mass is 571 g/mol. The number of carbonyl (C=O) groups is 4. The maximum absolute atomic E-state index is 11.7. The lowest BCUT2D eigenvalue weighted by Gasteiger charge is -2.33. The highest BCUT2D eigenvalue weighted by atomic mass is 16.5. The molecule has 5 N–H and O–H groups in total. The average Bonchev–Trinajstić information content (AvgIpc) is 3.41. The molecule has 0 saturated carbocycles. The molecule has 0 aromatic carbocycles. The second kappa shape index (κ2) is 17.3. The standard InChI is InChI=1S/C26H41N3O11/c1-37-15-26(16-38-9-6-19(30)12-27,17-39-10-7-20(31)13-28-22(33)2-3-23(28)34)18-40-11-8-21(32)14-29-24(35)4-5-25(29)36/h2-5,19-21,30-32H,6-18,27H2,1H3. The van der Waals surface area contributed by atoms with Crippen LogP contribution in [0.5, 0.6) is 0 Å². The summed E-state index contributed by atoms with van der Waals surface area (Å²) in [5.41, 5.74) is 4.65. The van der Waals surface area contributed by atoms with E-state index >= 15 is 0 Å². The van der Waals surface area contributed by atoms with Crippen LogP contribution in [-0.2, 0) is 38.1 Å². The van der Waals surface area contributed by atoms with Gasteiger partial charge in [-0.15, -0.1) is 0 Å². The van der Waals surface area contributed by atoms with Crippen molar-refractivity contribution in [1.82, 2.24) is 9.80 Å². The molecule has 0 saturated heterocycles. The van der Waals surface area contributed by atoms with Crippen LogP contribution in [0.25, 0.3) is 0 Å². The third kappa shape index (κ3) is 11.1. The molecule has 14 heteroatoms. The van der Waals surface area contributed by atoms with E-state index < -0.39 is 47.4 Å². The van der Waals surface area contributed by atoms with E-state index in [1.165, 1.54) is 7.11 Å². The second-order valence-electron chi connectivity index (χ2n) is 9.89. The maximum atomic E-state index is 11.7. The number of nitrogens with zero attached hydrogens (tertiary/aromatic N) is 2. The number of hydrogen-bond acceptors (Lipinski definition) is 12. The van der Waals surface area contributed by atoms with Crippen molar-refractivity contribution in [2.45, 2.75) is 37.6 Å². The van der Waals surface area contributed by atoms with E-state index in [0.717, 1.165) is 34.1 Å². The van der Waals surface area contributed by atoms with Crippen molar-refractivity contribution in [3.05, 3.63) is 24.3 Å². The first-order valence-electron chi connectivity index (χ1n) is 13.1. The number of aliphatic hydroxyl groups is 3. The molecule has 2 aliphatic heterocycles. The van der Waals surface area contributed by atoms with Crippen LogP contribution in [0.15, 0.2) is 24.3 Å². The molecule has 40 heavy (non-hydrogen) atoms. The molecule has 0 fully saturated rings. The summed E-state index contributed by atoms with van der Waals surface area (Å²) in [6.07, 6.45) is 2.64. The summed E-state index contributed by atoms with van der Waals surface area (Å²) < 4.78 is 22.8. The third-order valence-corrected chi connectivity index (χ3v) is 6.32. The molecule has 0 spiro atoms. The first kappa shape index (κ1) is 33.6. The summed E-state index contributed by atoms with van der Waals surface area (Å²) in [6, 6.07) is 0. The van der Waals surface area contributed by atoms with E-state index in [1.54, 1.807) is 0 Å². The number of imide groups is 2. The molecule has 226 valence electrons. The van der Waals surface area contributed by atoms with Crippen LogP contribution in [0, 0.1) is 5.41 Å². The number of aliphatic hydroxyl groups excluding tert-OH is 3. The minimum Gasteiger partial charge on any atom is -0.392 e. The van der Waals surface area contributed by atoms with Crippen molar-refractivity contribution in [2.24, 2.45) is 11.1 Å². The fourth-order valence-electron chi connectivity index (χ4n) is 4.02. The van der Waals surface area contributed by atoms with Gasteiger partial charge in [-0.05, 0) is 19.3 Å². The van der Waals surface area contributed by atoms with Gasteiger partial charge >= 0.3 is 0 Å². The number of β-amino-alcohol motifs (C(OH)–C–C–N with tert-alkyl or cyclic N) is 2. The Balaban J connectivity index is 1.85. The number of carbonyl (C=O) groups excluding carboxylic acids is 4. The highest BCUT2D eigenvalue weighted by molar-refractivity contribution is 6.13. The topological polar surface area (TPSA) is 198 Å². The number of nitrogens with two attached hydrogens (primary N) is 1. The Morgan fingerprint density at radius 1 is 0.675 bits per heavy atom. The van der Waals surface area contributed by atoms with E-state index in [2.05, 4.69) is 0 Å². The van der Waals surface area contributed by atoms with Crippen LogP contribution in [0.4, 0.5) is 0 Å². The summed E-state index contributed by atoms with van der Waals surface area (Å²) in [7, 11) is 1.51. The van der Waals surface area contributed by atoms with Gasteiger partial charge in [-0.25, -0.2) is 0 Å². The van der Waals surface area contributed by atoms with Crippen LogP contribution in [0.2, 0.25) is 0 Å². The van der Waals surface area contributed by atoms with Crippen LogP contribution in [-0.4, -0.2) is 140 Å². The van der Waals surface area contributed by atoms with Crippen molar-refractivity contribution < 1.29 is 53.4 Å². The number of ether oxygens (including phenoxy) is 4. The van der Waals surface area contributed by atoms with Gasteiger partial charge in [-0.2, -0.15) is 0 Å². The minimum atomic E-state index is -0.971. The fraction of sp³-hybridized carbons (Fsp3) is 0.692. The summed E-state index contributed by atoms with van der Waals surface area (Å²) in [4.78, 5) is 48.6. The van der Waals surface area contributed by atoms with Crippen molar-refractivity contribution in [2.75, 3.05) is 73.0 Å². The Kier molecular flexibility index (Phi) is 14.5. The van der Waals surface area contributed by atoms with Crippen molar-refractivity contribution >= 4 is 23.6 Å². The number of rotatable bonds is 22. The summed E-state index contributed by atoms with van der Waals surface area (Å²) in [5, 5.41) is 30.2. The maximum Gasteiger partial charge on any atom is 0.253 e. The van der Waals surface area contributed by atoms with E-state index in [1.807, 2.05) is 0 Å². The van der Waals surface area contributed by atoms with Gasteiger partial charge in [0.25, 0.3) is 23.6 Å². The van der Waals surface area contributed by atoms with Crippen molar-refractivity contribution in [1.29, 1.82) is 0 Å². The van der Waals surface area contributed by atoms with Gasteiger partial charge in [0.2, 0.25) is 0 Å². The first-order chi connectivity index (χ1) is 19.1. The highest BCUT2D eigenvalue weighted by Gasteiger charge is 2.33. The van der Waals surface area contributed by atoms with Gasteiger partial charge in [0.1, 0.15) is 0 Å². The predicted octanol–water partition coefficient (Wildman–Crippen LogP) is -2.27. The van der Waals surface area contributed by atoms with Gasteiger partial charge in [0.15, 0.2) is 0 Å². The molecular formula is C26H41N3O11. The van der Waals surface area contributed by atoms with Crippen molar-refractivity contribution in [3.63, 3.8) is 0 Å². The Morgan fingerprint density at radius 3 is 1.35 bits per heavy atom. The molecular weight excluding hydrogens is 530 g/mol. The fourth-order valence-corrected chi connectivity index (χ4v) is 4.02. The zero-order valence-corrected chi connectivity index (χ0v) is 22.8. The minimum absolute atomic E-state index is 0.110. The zero-order chi connectivity index (χ0) is 29.5. The molecule has 2 heterocycles. The average molecular weight is 572 g/mol. The molecule has 14 nitrogen and oxygen atoms in total. The molecule has 0 aliphatic carbocycles. The highest BCUT2D eigenvalue weighted by Crippen LogP contribution is 2.21. The lowest BCUT2D eigenvalue weighted by atomic mass is 9.92. The van der Waals surface area contributed by atoms with E-state index in [9.17, 15) is 34.5 Å². The van der Waals surface area contributed by atoms with Crippen LogP contribution in [0.1, 0.15) is 19.3 Å². The lowest BCUT2D eigenvalue weighted by Crippen LogP contribution is -2.42. The second-order valence-corrected chi connectivity index (χ2v) is 9.89. The first-order valence-corrected chi connectivity index (χ1v) is 13.1. The quantitative estimate of drug-likeness (QED) is 0.0804. The van der Waals surface area contributed by atoms with Gasteiger partial charge in [-0.3, -0.25) is 29.0 Å². The summed E-state index contributed by atoms with van der Waals surface area (Å²) >= 11 is 0. The van der Waals surface area contributed by atoms with Gasteiger partial charge < -0.3 is 40.0 Å². The number of methoxy groups -OCH3 is 1. The molecule has 0 radical (unpaired) electrons. The smallest absolute Gasteiger partial charge is 0.253 e. The predicted molar refractivity (Wildman–Crippen MR) is 139 cm³/mol. The van der Waals surface area contributed by atoms with Gasteiger partial charge in [0, 0.05) is 57.8 Å². The molecule has 3 unspecified atom stereocenters. The normalized spacial score (nSPS) is 19.1. The largest absolute Gasteiger partial charge is 0.392 e. The SMILES string of the molecule is COCC(COCCC(O)CN)(COCCC(O)CN1C(=O)C=CC1=O)COCCC(O)CN1C(=O)C=CC1=O. The zero-order valence-electron chi connectivity index (χ0n) is 22.8. The molecule has 0 aromatic heterocycles. The Hall–Kier alpha value is -2.56. The van der Waals surface area contributed by atoms with E-state index in [0.29, 0.717) is 6.42 Å². The Labute approximate surface area is 233 Å². The van der Waals surface area contributed by atoms with E-state index in [4.69, 9.17) is 24.7 Å². The van der Waals surface area contributed by atoms with Gasteiger partial charge in [-0.1, -0.05) is 0 Å². The van der Waals surface area contributed by atoms with Crippen LogP contribution >= 0.6 is 0 Å². The van der Waals surface area contributed by atoms with E-state index in [-0.39, 0.29) is 78.7 Å². The van der Waals surface area contributed by atoms with Crippen molar-refractivity contribution in [3.8, 4) is 0 Å². The molecule has 2 rings (SSSR count). The molecule has 0 bridgehead atoms. The number of hydrogen-bond donors (Lipinski definition) is 4. The van der Waals surface area contributed by atoms with Crippen LogP contribution in [0.3, 0.4) is 0 Å². The Morgan fingerprint density at radius 2 is 1.02 bits per heavy atom. The number of amides is 4. The molecule has 0 aromatic rings. The Bertz CT molecular complexity index is 816. The summed E-state index contributed by atoms with van der Waals surface area (Å²) in [5.74, 6) is -1.89. The molecule has 2 aliphatic rings. The molecule has 4 amide bonds.